The Kier molecular flexibility index (Phi) is 4.01. The normalized spacial score (nSPS) is 11.3. The zero-order valence-corrected chi connectivity index (χ0v) is 11.6. The van der Waals surface area contributed by atoms with E-state index in [0.717, 1.165) is 6.26 Å². The molecule has 0 unspecified atom stereocenters. The van der Waals surface area contributed by atoms with Gasteiger partial charge in [0.1, 0.15) is 5.75 Å². The van der Waals surface area contributed by atoms with Crippen molar-refractivity contribution in [3.8, 4) is 11.6 Å². The summed E-state index contributed by atoms with van der Waals surface area (Å²) in [6, 6.07) is 6.19. The van der Waals surface area contributed by atoms with Gasteiger partial charge in [-0.15, -0.1) is 11.6 Å². The summed E-state index contributed by atoms with van der Waals surface area (Å²) in [5.74, 6) is 0.937. The highest BCUT2D eigenvalue weighted by Gasteiger charge is 2.08. The molecular formula is C12H11ClN2O3S. The minimum absolute atomic E-state index is 0.190. The Morgan fingerprint density at radius 3 is 2.63 bits per heavy atom. The average Bonchev–Trinajstić information content (AvgIpc) is 2.39. The van der Waals surface area contributed by atoms with E-state index in [1.165, 1.54) is 24.5 Å². The number of halogens is 1. The lowest BCUT2D eigenvalue weighted by Gasteiger charge is -2.06. The molecule has 0 spiro atoms. The fraction of sp³-hybridized carbons (Fsp3) is 0.167. The minimum Gasteiger partial charge on any atom is -0.437 e. The first-order valence-corrected chi connectivity index (χ1v) is 7.76. The molecule has 0 fully saturated rings. The Bertz CT molecular complexity index is 672. The first-order valence-electron chi connectivity index (χ1n) is 5.34. The highest BCUT2D eigenvalue weighted by Crippen LogP contribution is 2.22. The van der Waals surface area contributed by atoms with Crippen LogP contribution in [0.3, 0.4) is 0 Å². The Morgan fingerprint density at radius 2 is 2.05 bits per heavy atom. The molecule has 1 aromatic heterocycles. The average molecular weight is 299 g/mol. The third kappa shape index (κ3) is 3.65. The van der Waals surface area contributed by atoms with E-state index in [-0.39, 0.29) is 16.7 Å². The largest absolute Gasteiger partial charge is 0.437 e. The van der Waals surface area contributed by atoms with Crippen molar-refractivity contribution in [2.45, 2.75) is 10.8 Å². The predicted molar refractivity (Wildman–Crippen MR) is 71.2 cm³/mol. The first-order chi connectivity index (χ1) is 8.99. The summed E-state index contributed by atoms with van der Waals surface area (Å²) >= 11 is 5.60. The van der Waals surface area contributed by atoms with Crippen LogP contribution in [0.25, 0.3) is 0 Å². The summed E-state index contributed by atoms with van der Waals surface area (Å²) in [7, 11) is -3.26. The Balaban J connectivity index is 2.23. The van der Waals surface area contributed by atoms with Crippen LogP contribution in [0.5, 0.6) is 11.6 Å². The monoisotopic (exact) mass is 298 g/mol. The lowest BCUT2D eigenvalue weighted by atomic mass is 10.3. The van der Waals surface area contributed by atoms with E-state index in [1.54, 1.807) is 12.1 Å². The molecule has 5 nitrogen and oxygen atoms in total. The molecule has 7 heteroatoms. The number of ether oxygens (including phenoxy) is 1. The number of benzene rings is 1. The van der Waals surface area contributed by atoms with E-state index in [1.807, 2.05) is 0 Å². The van der Waals surface area contributed by atoms with Crippen molar-refractivity contribution in [1.82, 2.24) is 9.97 Å². The number of rotatable bonds is 4. The fourth-order valence-electron chi connectivity index (χ4n) is 1.35. The summed E-state index contributed by atoms with van der Waals surface area (Å²) < 4.78 is 28.3. The topological polar surface area (TPSA) is 69.2 Å². The van der Waals surface area contributed by atoms with Crippen LogP contribution in [0.15, 0.2) is 41.6 Å². The Hall–Kier alpha value is -1.66. The van der Waals surface area contributed by atoms with Crippen LogP contribution in [-0.4, -0.2) is 24.6 Å². The van der Waals surface area contributed by atoms with Gasteiger partial charge in [0.05, 0.1) is 28.9 Å². The molecular weight excluding hydrogens is 288 g/mol. The molecule has 0 aliphatic rings. The molecule has 2 rings (SSSR count). The summed E-state index contributed by atoms with van der Waals surface area (Å²) in [6.45, 7) is 0. The summed E-state index contributed by atoms with van der Waals surface area (Å²) in [6.07, 6.45) is 4.08. The minimum atomic E-state index is -3.26. The summed E-state index contributed by atoms with van der Waals surface area (Å²) in [4.78, 5) is 8.23. The van der Waals surface area contributed by atoms with Gasteiger partial charge in [0.2, 0.25) is 5.88 Å². The van der Waals surface area contributed by atoms with Gasteiger partial charge in [0.25, 0.3) is 0 Å². The van der Waals surface area contributed by atoms with Gasteiger partial charge in [-0.2, -0.15) is 0 Å². The van der Waals surface area contributed by atoms with Gasteiger partial charge in [-0.05, 0) is 18.2 Å². The summed E-state index contributed by atoms with van der Waals surface area (Å²) in [5, 5.41) is 0. The van der Waals surface area contributed by atoms with Gasteiger partial charge in [-0.3, -0.25) is 4.98 Å². The van der Waals surface area contributed by atoms with Gasteiger partial charge in [-0.1, -0.05) is 6.07 Å². The Labute approximate surface area is 116 Å². The molecule has 1 heterocycles. The van der Waals surface area contributed by atoms with E-state index in [9.17, 15) is 8.42 Å². The lowest BCUT2D eigenvalue weighted by Crippen LogP contribution is -1.97. The molecule has 0 radical (unpaired) electrons. The van der Waals surface area contributed by atoms with Crippen LogP contribution < -0.4 is 4.74 Å². The summed E-state index contributed by atoms with van der Waals surface area (Å²) in [5.41, 5.74) is 0.638. The maximum absolute atomic E-state index is 11.4. The van der Waals surface area contributed by atoms with Gasteiger partial charge in [-0.25, -0.2) is 13.4 Å². The molecule has 2 aromatic rings. The van der Waals surface area contributed by atoms with Crippen LogP contribution in [0, 0.1) is 0 Å². The molecule has 0 N–H and O–H groups in total. The zero-order valence-electron chi connectivity index (χ0n) is 10.1. The highest BCUT2D eigenvalue weighted by molar-refractivity contribution is 7.90. The second kappa shape index (κ2) is 5.54. The standard InChI is InChI=1S/C12H11ClN2O3S/c1-19(16,17)11-4-2-3-10(5-11)18-12-8-14-9(6-13)7-15-12/h2-5,7-8H,6H2,1H3. The van der Waals surface area contributed by atoms with Gasteiger partial charge in [0, 0.05) is 6.26 Å². The van der Waals surface area contributed by atoms with Crippen molar-refractivity contribution >= 4 is 21.4 Å². The second-order valence-electron chi connectivity index (χ2n) is 3.83. The fourth-order valence-corrected chi connectivity index (χ4v) is 2.15. The van der Waals surface area contributed by atoms with Crippen molar-refractivity contribution in [2.24, 2.45) is 0 Å². The van der Waals surface area contributed by atoms with Crippen molar-refractivity contribution < 1.29 is 13.2 Å². The molecule has 0 atom stereocenters. The van der Waals surface area contributed by atoms with Crippen LogP contribution in [0.4, 0.5) is 0 Å². The van der Waals surface area contributed by atoms with Crippen LogP contribution in [-0.2, 0) is 15.7 Å². The molecule has 0 amide bonds. The lowest BCUT2D eigenvalue weighted by molar-refractivity contribution is 0.458. The molecule has 19 heavy (non-hydrogen) atoms. The number of nitrogens with zero attached hydrogens (tertiary/aromatic N) is 2. The molecule has 0 aliphatic heterocycles. The molecule has 0 saturated heterocycles. The SMILES string of the molecule is CS(=O)(=O)c1cccc(Oc2cnc(CCl)cn2)c1. The van der Waals surface area contributed by atoms with Gasteiger partial charge < -0.3 is 4.74 Å². The van der Waals surface area contributed by atoms with Crippen LogP contribution in [0.2, 0.25) is 0 Å². The number of aromatic nitrogens is 2. The Morgan fingerprint density at radius 1 is 1.26 bits per heavy atom. The van der Waals surface area contributed by atoms with Crippen molar-refractivity contribution in [1.29, 1.82) is 0 Å². The zero-order chi connectivity index (χ0) is 13.9. The number of hydrogen-bond donors (Lipinski definition) is 0. The quantitative estimate of drug-likeness (QED) is 0.811. The molecule has 0 saturated carbocycles. The van der Waals surface area contributed by atoms with Crippen LogP contribution >= 0.6 is 11.6 Å². The van der Waals surface area contributed by atoms with E-state index < -0.39 is 9.84 Å². The maximum atomic E-state index is 11.4. The van der Waals surface area contributed by atoms with E-state index in [2.05, 4.69) is 9.97 Å². The smallest absolute Gasteiger partial charge is 0.237 e. The van der Waals surface area contributed by atoms with Gasteiger partial charge in [0.15, 0.2) is 9.84 Å². The van der Waals surface area contributed by atoms with Gasteiger partial charge >= 0.3 is 0 Å². The van der Waals surface area contributed by atoms with Crippen LogP contribution in [0.1, 0.15) is 5.69 Å². The molecule has 0 bridgehead atoms. The highest BCUT2D eigenvalue weighted by atomic mass is 35.5. The van der Waals surface area contributed by atoms with E-state index >= 15 is 0 Å². The third-order valence-corrected chi connectivity index (χ3v) is 3.66. The van der Waals surface area contributed by atoms with Crippen molar-refractivity contribution in [2.75, 3.05) is 6.26 Å². The first kappa shape index (κ1) is 13.8. The number of alkyl halides is 1. The second-order valence-corrected chi connectivity index (χ2v) is 6.11. The molecule has 100 valence electrons. The predicted octanol–water partition coefficient (Wildman–Crippen LogP) is 2.41. The van der Waals surface area contributed by atoms with E-state index in [4.69, 9.17) is 16.3 Å². The third-order valence-electron chi connectivity index (χ3n) is 2.27. The van der Waals surface area contributed by atoms with E-state index in [0.29, 0.717) is 11.4 Å². The molecule has 1 aromatic carbocycles. The van der Waals surface area contributed by atoms with Crippen molar-refractivity contribution in [3.63, 3.8) is 0 Å². The van der Waals surface area contributed by atoms with Crippen molar-refractivity contribution in [3.05, 3.63) is 42.4 Å². The number of hydrogen-bond acceptors (Lipinski definition) is 5. The number of sulfone groups is 1. The maximum Gasteiger partial charge on any atom is 0.237 e. The molecule has 0 aliphatic carbocycles.